The van der Waals surface area contributed by atoms with Crippen molar-refractivity contribution in [2.24, 2.45) is 5.41 Å². The number of nitrogens with one attached hydrogen (secondary N) is 2. The second-order valence-electron chi connectivity index (χ2n) is 6.77. The first-order valence-electron chi connectivity index (χ1n) is 8.03. The zero-order valence-corrected chi connectivity index (χ0v) is 13.3. The molecule has 1 spiro atoms. The summed E-state index contributed by atoms with van der Waals surface area (Å²) in [6.07, 6.45) is 2.26. The number of aromatic nitrogens is 1. The standard InChI is InChI=1S/C16H20F3N3O2/c1-10(11-3-6-20-13(7-11)24-16(17,18)19)21-14(23)22-12-8-15(9-12)4-2-5-15/h3,6-7,10,12H,2,4-5,8-9H2,1H3,(H2,21,22,23). The van der Waals surface area contributed by atoms with Crippen LogP contribution in [0.4, 0.5) is 18.0 Å². The Bertz CT molecular complexity index is 609. The van der Waals surface area contributed by atoms with Gasteiger partial charge in [0.25, 0.3) is 0 Å². The van der Waals surface area contributed by atoms with Gasteiger partial charge in [0.15, 0.2) is 0 Å². The van der Waals surface area contributed by atoms with E-state index in [1.165, 1.54) is 31.5 Å². The normalized spacial score (nSPS) is 20.7. The molecule has 2 fully saturated rings. The first-order chi connectivity index (χ1) is 11.2. The van der Waals surface area contributed by atoms with Crippen LogP contribution in [-0.2, 0) is 0 Å². The lowest BCUT2D eigenvalue weighted by atomic mass is 9.54. The number of carbonyl (C=O) groups is 1. The van der Waals surface area contributed by atoms with E-state index in [0.717, 1.165) is 12.8 Å². The second kappa shape index (κ2) is 6.14. The van der Waals surface area contributed by atoms with Crippen molar-refractivity contribution in [1.82, 2.24) is 15.6 Å². The Kier molecular flexibility index (Phi) is 4.31. The number of carbonyl (C=O) groups excluding carboxylic acids is 1. The van der Waals surface area contributed by atoms with Crippen molar-refractivity contribution >= 4 is 6.03 Å². The molecule has 1 aromatic heterocycles. The summed E-state index contributed by atoms with van der Waals surface area (Å²) in [5, 5.41) is 5.65. The van der Waals surface area contributed by atoms with Gasteiger partial charge in [0.1, 0.15) is 0 Å². The SMILES string of the molecule is CC(NC(=O)NC1CC2(CCC2)C1)c1ccnc(OC(F)(F)F)c1. The lowest BCUT2D eigenvalue weighted by molar-refractivity contribution is -0.276. The number of halogens is 3. The van der Waals surface area contributed by atoms with E-state index in [4.69, 9.17) is 0 Å². The van der Waals surface area contributed by atoms with E-state index in [1.807, 2.05) is 0 Å². The van der Waals surface area contributed by atoms with Crippen molar-refractivity contribution in [3.8, 4) is 5.88 Å². The molecule has 0 aliphatic heterocycles. The first-order valence-corrected chi connectivity index (χ1v) is 8.03. The van der Waals surface area contributed by atoms with Crippen LogP contribution >= 0.6 is 0 Å². The van der Waals surface area contributed by atoms with Crippen molar-refractivity contribution in [3.05, 3.63) is 23.9 Å². The maximum absolute atomic E-state index is 12.2. The van der Waals surface area contributed by atoms with Crippen LogP contribution in [0.1, 0.15) is 50.6 Å². The summed E-state index contributed by atoms with van der Waals surface area (Å²) in [4.78, 5) is 15.5. The van der Waals surface area contributed by atoms with E-state index in [2.05, 4.69) is 20.4 Å². The summed E-state index contributed by atoms with van der Waals surface area (Å²) in [7, 11) is 0. The minimum absolute atomic E-state index is 0.194. The predicted molar refractivity (Wildman–Crippen MR) is 80.3 cm³/mol. The molecule has 1 atom stereocenters. The average molecular weight is 343 g/mol. The smallest absolute Gasteiger partial charge is 0.388 e. The van der Waals surface area contributed by atoms with Crippen molar-refractivity contribution in [2.45, 2.75) is 57.5 Å². The third-order valence-corrected chi connectivity index (χ3v) is 4.94. The van der Waals surface area contributed by atoms with Gasteiger partial charge in [-0.3, -0.25) is 0 Å². The molecular weight excluding hydrogens is 323 g/mol. The van der Waals surface area contributed by atoms with Gasteiger partial charge in [0.05, 0.1) is 6.04 Å². The number of pyridine rings is 1. The minimum atomic E-state index is -4.79. The first kappa shape index (κ1) is 16.9. The van der Waals surface area contributed by atoms with E-state index >= 15 is 0 Å². The van der Waals surface area contributed by atoms with Gasteiger partial charge < -0.3 is 15.4 Å². The molecule has 2 saturated carbocycles. The van der Waals surface area contributed by atoms with Crippen molar-refractivity contribution in [3.63, 3.8) is 0 Å². The molecule has 8 heteroatoms. The molecule has 0 aromatic carbocycles. The number of nitrogens with zero attached hydrogens (tertiary/aromatic N) is 1. The van der Waals surface area contributed by atoms with E-state index in [0.29, 0.717) is 11.0 Å². The van der Waals surface area contributed by atoms with Gasteiger partial charge >= 0.3 is 12.4 Å². The van der Waals surface area contributed by atoms with E-state index < -0.39 is 18.3 Å². The highest BCUT2D eigenvalue weighted by Crippen LogP contribution is 2.55. The zero-order valence-electron chi connectivity index (χ0n) is 13.3. The van der Waals surface area contributed by atoms with Gasteiger partial charge in [0.2, 0.25) is 5.88 Å². The molecule has 2 aliphatic rings. The van der Waals surface area contributed by atoms with Crippen LogP contribution < -0.4 is 15.4 Å². The highest BCUT2D eigenvalue weighted by molar-refractivity contribution is 5.75. The Labute approximate surface area is 138 Å². The molecule has 0 saturated heterocycles. The summed E-state index contributed by atoms with van der Waals surface area (Å²) in [6, 6.07) is 2.14. The van der Waals surface area contributed by atoms with E-state index in [1.54, 1.807) is 13.0 Å². The van der Waals surface area contributed by atoms with Gasteiger partial charge in [-0.1, -0.05) is 6.42 Å². The van der Waals surface area contributed by atoms with Crippen LogP contribution in [-0.4, -0.2) is 23.4 Å². The van der Waals surface area contributed by atoms with Gasteiger partial charge in [-0.25, -0.2) is 9.78 Å². The highest BCUT2D eigenvalue weighted by atomic mass is 19.4. The number of urea groups is 1. The minimum Gasteiger partial charge on any atom is -0.388 e. The van der Waals surface area contributed by atoms with Crippen LogP contribution in [0, 0.1) is 5.41 Å². The number of rotatable bonds is 4. The van der Waals surface area contributed by atoms with Crippen molar-refractivity contribution in [2.75, 3.05) is 0 Å². The third kappa shape index (κ3) is 3.91. The molecule has 2 amide bonds. The second-order valence-corrected chi connectivity index (χ2v) is 6.77. The molecular formula is C16H20F3N3O2. The van der Waals surface area contributed by atoms with Crippen molar-refractivity contribution in [1.29, 1.82) is 0 Å². The van der Waals surface area contributed by atoms with Crippen LogP contribution in [0.25, 0.3) is 0 Å². The number of alkyl halides is 3. The van der Waals surface area contributed by atoms with Crippen molar-refractivity contribution < 1.29 is 22.7 Å². The average Bonchev–Trinajstić information content (AvgIpc) is 2.38. The fourth-order valence-corrected chi connectivity index (χ4v) is 3.55. The fraction of sp³-hybridized carbons (Fsp3) is 0.625. The van der Waals surface area contributed by atoms with Crippen LogP contribution in [0.3, 0.4) is 0 Å². The maximum atomic E-state index is 12.2. The summed E-state index contributed by atoms with van der Waals surface area (Å²) < 4.78 is 40.5. The van der Waals surface area contributed by atoms with E-state index in [9.17, 15) is 18.0 Å². The zero-order chi connectivity index (χ0) is 17.4. The molecule has 1 aromatic rings. The van der Waals surface area contributed by atoms with Gasteiger partial charge in [-0.2, -0.15) is 0 Å². The molecule has 0 radical (unpaired) electrons. The number of hydrogen-bond donors (Lipinski definition) is 2. The molecule has 2 aliphatic carbocycles. The Balaban J connectivity index is 1.50. The summed E-state index contributed by atoms with van der Waals surface area (Å²) in [5.74, 6) is -0.542. The number of hydrogen-bond acceptors (Lipinski definition) is 3. The molecule has 1 heterocycles. The summed E-state index contributed by atoms with van der Waals surface area (Å²) in [5.41, 5.74) is 0.960. The molecule has 3 rings (SSSR count). The quantitative estimate of drug-likeness (QED) is 0.877. The predicted octanol–water partition coefficient (Wildman–Crippen LogP) is 3.67. The molecule has 1 unspecified atom stereocenters. The topological polar surface area (TPSA) is 63.2 Å². The molecule has 24 heavy (non-hydrogen) atoms. The Morgan fingerprint density at radius 1 is 1.42 bits per heavy atom. The lowest BCUT2D eigenvalue weighted by Gasteiger charge is -2.54. The molecule has 2 N–H and O–H groups in total. The Morgan fingerprint density at radius 2 is 2.12 bits per heavy atom. The summed E-state index contributed by atoms with van der Waals surface area (Å²) in [6.45, 7) is 1.69. The lowest BCUT2D eigenvalue weighted by Crippen LogP contribution is -2.55. The summed E-state index contributed by atoms with van der Waals surface area (Å²) >= 11 is 0. The van der Waals surface area contributed by atoms with Gasteiger partial charge in [-0.15, -0.1) is 13.2 Å². The number of amides is 2. The van der Waals surface area contributed by atoms with E-state index in [-0.39, 0.29) is 12.1 Å². The Hall–Kier alpha value is -1.99. The van der Waals surface area contributed by atoms with Crippen LogP contribution in [0.5, 0.6) is 5.88 Å². The van der Waals surface area contributed by atoms with Crippen LogP contribution in [0.15, 0.2) is 18.3 Å². The molecule has 132 valence electrons. The van der Waals surface area contributed by atoms with Gasteiger partial charge in [-0.05, 0) is 49.7 Å². The maximum Gasteiger partial charge on any atom is 0.574 e. The monoisotopic (exact) mass is 343 g/mol. The fourth-order valence-electron chi connectivity index (χ4n) is 3.55. The number of ether oxygens (including phenoxy) is 1. The largest absolute Gasteiger partial charge is 0.574 e. The highest BCUT2D eigenvalue weighted by Gasteiger charge is 2.48. The Morgan fingerprint density at radius 3 is 2.71 bits per heavy atom. The third-order valence-electron chi connectivity index (χ3n) is 4.94. The molecule has 5 nitrogen and oxygen atoms in total. The molecule has 0 bridgehead atoms. The van der Waals surface area contributed by atoms with Gasteiger partial charge in [0, 0.05) is 18.3 Å². The van der Waals surface area contributed by atoms with Crippen LogP contribution in [0.2, 0.25) is 0 Å².